The maximum atomic E-state index is 5.62. The molecule has 0 aliphatic carbocycles. The molecule has 0 heterocycles. The van der Waals surface area contributed by atoms with E-state index in [1.807, 2.05) is 6.92 Å². The Bertz CT molecular complexity index is 68.2. The highest BCUT2D eigenvalue weighted by Gasteiger charge is 2.22. The van der Waals surface area contributed by atoms with Gasteiger partial charge >= 0.3 is 0 Å². The van der Waals surface area contributed by atoms with Gasteiger partial charge in [-0.1, -0.05) is 51.9 Å². The first-order valence-electron chi connectivity index (χ1n) is 2.31. The van der Waals surface area contributed by atoms with Crippen molar-refractivity contribution >= 4 is 58.2 Å². The van der Waals surface area contributed by atoms with Crippen molar-refractivity contribution in [2.75, 3.05) is 0 Å². The van der Waals surface area contributed by atoms with Crippen LogP contribution in [0.3, 0.4) is 0 Å². The predicted octanol–water partition coefficient (Wildman–Crippen LogP) is 5.30. The molecule has 0 nitrogen and oxygen atoms in total. The Hall–Kier alpha value is 2.02. The summed E-state index contributed by atoms with van der Waals surface area (Å²) in [5, 5.41) is 0.113. The van der Waals surface area contributed by atoms with E-state index in [-0.39, 0.29) is 5.40 Å². The van der Waals surface area contributed by atoms with Gasteiger partial charge in [-0.05, 0) is 6.42 Å². The summed E-state index contributed by atoms with van der Waals surface area (Å²) in [5.41, 5.74) is 0. The van der Waals surface area contributed by atoms with Gasteiger partial charge in [0, 0.05) is 0 Å². The molecule has 0 rings (SSSR count). The first-order valence-corrected chi connectivity index (χ1v) is 8.75. The van der Waals surface area contributed by atoms with Crippen molar-refractivity contribution in [3.63, 3.8) is 0 Å². The highest BCUT2D eigenvalue weighted by Crippen LogP contribution is 2.69. The van der Waals surface area contributed by atoms with E-state index in [4.69, 9.17) is 45.0 Å². The molecule has 56 valence electrons. The van der Waals surface area contributed by atoms with Gasteiger partial charge in [-0.15, -0.1) is 0 Å². The highest BCUT2D eigenvalue weighted by molar-refractivity contribution is 8.17. The van der Waals surface area contributed by atoms with E-state index < -0.39 is 13.3 Å². The number of halogens is 4. The zero-order chi connectivity index (χ0) is 7.44. The van der Waals surface area contributed by atoms with E-state index in [1.165, 1.54) is 0 Å². The third-order valence-corrected chi connectivity index (χ3v) is 8.29. The summed E-state index contributed by atoms with van der Waals surface area (Å²) >= 11 is 22.5. The van der Waals surface area contributed by atoms with Gasteiger partial charge in [-0.25, -0.2) is 0 Å². The molecular formula is C3H6Cl4P2. The lowest BCUT2D eigenvalue weighted by Gasteiger charge is -2.14. The Balaban J connectivity index is 3.68. The average Bonchev–Trinajstić information content (AvgIpc) is 1.64. The molecule has 0 atom stereocenters. The fourth-order valence-corrected chi connectivity index (χ4v) is 7.83. The van der Waals surface area contributed by atoms with Gasteiger partial charge in [0.25, 0.3) is 0 Å². The Morgan fingerprint density at radius 2 is 1.44 bits per heavy atom. The number of hydrogen-bond donors (Lipinski definition) is 0. The molecule has 0 spiro atoms. The molecule has 0 aliphatic heterocycles. The largest absolute Gasteiger partial charge is 0.0953 e. The summed E-state index contributed by atoms with van der Waals surface area (Å²) < 4.78 is 0. The van der Waals surface area contributed by atoms with Crippen LogP contribution in [0.1, 0.15) is 13.3 Å². The van der Waals surface area contributed by atoms with E-state index in [9.17, 15) is 0 Å². The molecule has 6 heteroatoms. The van der Waals surface area contributed by atoms with Crippen molar-refractivity contribution in [2.24, 2.45) is 0 Å². The molecular weight excluding hydrogens is 240 g/mol. The lowest BCUT2D eigenvalue weighted by atomic mass is 10.6. The molecule has 0 fully saturated rings. The molecule has 0 radical (unpaired) electrons. The summed E-state index contributed by atoms with van der Waals surface area (Å²) in [6.45, 7) is -0.0111. The zero-order valence-corrected chi connectivity index (χ0v) is 9.50. The summed E-state index contributed by atoms with van der Waals surface area (Å²) in [5.74, 6) is 0. The smallest absolute Gasteiger partial charge is 0.0773 e. The summed E-state index contributed by atoms with van der Waals surface area (Å²) in [6, 6.07) is 0. The SMILES string of the molecule is CCC(P(Cl)Cl)P(Cl)Cl. The van der Waals surface area contributed by atoms with Crippen molar-refractivity contribution in [1.82, 2.24) is 0 Å². The van der Waals surface area contributed by atoms with Crippen LogP contribution in [0.25, 0.3) is 0 Å². The van der Waals surface area contributed by atoms with Crippen LogP contribution in [0.15, 0.2) is 0 Å². The van der Waals surface area contributed by atoms with Crippen LogP contribution in [0.2, 0.25) is 0 Å². The molecule has 0 amide bonds. The third kappa shape index (κ3) is 4.46. The van der Waals surface area contributed by atoms with Crippen LogP contribution < -0.4 is 0 Å². The van der Waals surface area contributed by atoms with Gasteiger partial charge in [0.1, 0.15) is 0 Å². The standard InChI is InChI=1S/C3H6Cl4P2/c1-2-3(8(4)5)9(6)7/h3H,2H2,1H3. The summed E-state index contributed by atoms with van der Waals surface area (Å²) in [7, 11) is 0. The number of hydrogen-bond acceptors (Lipinski definition) is 0. The van der Waals surface area contributed by atoms with Crippen molar-refractivity contribution in [1.29, 1.82) is 0 Å². The van der Waals surface area contributed by atoms with Crippen molar-refractivity contribution < 1.29 is 0 Å². The topological polar surface area (TPSA) is 0 Å². The van der Waals surface area contributed by atoms with Gasteiger partial charge in [-0.3, -0.25) is 0 Å². The highest BCUT2D eigenvalue weighted by atomic mass is 35.9. The third-order valence-electron chi connectivity index (χ3n) is 0.816. The maximum absolute atomic E-state index is 5.62. The monoisotopic (exact) mass is 244 g/mol. The van der Waals surface area contributed by atoms with E-state index >= 15 is 0 Å². The van der Waals surface area contributed by atoms with Gasteiger partial charge in [0.2, 0.25) is 0 Å². The molecule has 0 N–H and O–H groups in total. The van der Waals surface area contributed by atoms with Crippen LogP contribution >= 0.6 is 58.2 Å². The van der Waals surface area contributed by atoms with Crippen LogP contribution in [0.4, 0.5) is 0 Å². The lowest BCUT2D eigenvalue weighted by Crippen LogP contribution is -1.88. The minimum absolute atomic E-state index is 0.113. The first kappa shape index (κ1) is 11.0. The molecule has 9 heavy (non-hydrogen) atoms. The molecule has 0 saturated carbocycles. The van der Waals surface area contributed by atoms with E-state index in [0.717, 1.165) is 6.42 Å². The van der Waals surface area contributed by atoms with Gasteiger partial charge < -0.3 is 0 Å². The fraction of sp³-hybridized carbons (Fsp3) is 1.00. The van der Waals surface area contributed by atoms with Crippen LogP contribution in [0.5, 0.6) is 0 Å². The Labute approximate surface area is 76.9 Å². The zero-order valence-electron chi connectivity index (χ0n) is 4.69. The first-order chi connectivity index (χ1) is 4.09. The Morgan fingerprint density at radius 1 is 1.11 bits per heavy atom. The van der Waals surface area contributed by atoms with Crippen LogP contribution in [-0.2, 0) is 0 Å². The number of rotatable bonds is 3. The van der Waals surface area contributed by atoms with Crippen molar-refractivity contribution in [3.8, 4) is 0 Å². The Kier molecular flexibility index (Phi) is 6.91. The molecule has 0 aromatic heterocycles. The molecule has 0 aromatic rings. The lowest BCUT2D eigenvalue weighted by molar-refractivity contribution is 1.05. The minimum atomic E-state index is -0.994. The maximum Gasteiger partial charge on any atom is 0.0953 e. The summed E-state index contributed by atoms with van der Waals surface area (Å²) in [4.78, 5) is 0. The van der Waals surface area contributed by atoms with E-state index in [1.54, 1.807) is 0 Å². The molecule has 0 bridgehead atoms. The second kappa shape index (κ2) is 5.64. The van der Waals surface area contributed by atoms with Gasteiger partial charge in [0.15, 0.2) is 0 Å². The quantitative estimate of drug-likeness (QED) is 0.592. The molecule has 0 aromatic carbocycles. The summed E-state index contributed by atoms with van der Waals surface area (Å²) in [6.07, 6.45) is 0.859. The van der Waals surface area contributed by atoms with Crippen LogP contribution in [0, 0.1) is 0 Å². The van der Waals surface area contributed by atoms with E-state index in [2.05, 4.69) is 0 Å². The van der Waals surface area contributed by atoms with E-state index in [0.29, 0.717) is 0 Å². The average molecular weight is 246 g/mol. The van der Waals surface area contributed by atoms with Crippen molar-refractivity contribution in [3.05, 3.63) is 0 Å². The second-order valence-electron chi connectivity index (χ2n) is 1.41. The van der Waals surface area contributed by atoms with Crippen molar-refractivity contribution in [2.45, 2.75) is 18.7 Å². The fourth-order valence-electron chi connectivity index (χ4n) is 0.342. The predicted molar refractivity (Wildman–Crippen MR) is 51.3 cm³/mol. The normalized spacial score (nSPS) is 12.0. The van der Waals surface area contributed by atoms with Gasteiger partial charge in [-0.2, -0.15) is 0 Å². The van der Waals surface area contributed by atoms with Gasteiger partial charge in [0.05, 0.1) is 18.7 Å². The molecule has 0 aliphatic rings. The second-order valence-corrected chi connectivity index (χ2v) is 9.51. The molecule has 0 unspecified atom stereocenters. The molecule has 0 saturated heterocycles. The minimum Gasteiger partial charge on any atom is -0.0773 e. The Morgan fingerprint density at radius 3 is 1.44 bits per heavy atom. The van der Waals surface area contributed by atoms with Crippen LogP contribution in [-0.4, -0.2) is 5.40 Å².